The minimum Gasteiger partial charge on any atom is -0.323 e. The second-order valence-electron chi connectivity index (χ2n) is 5.00. The quantitative estimate of drug-likeness (QED) is 0.713. The average molecular weight is 365 g/mol. The molecule has 1 aromatic heterocycles. The van der Waals surface area contributed by atoms with Crippen LogP contribution in [0.5, 0.6) is 0 Å². The van der Waals surface area contributed by atoms with E-state index in [-0.39, 0.29) is 22.9 Å². The molecule has 1 amide bonds. The third kappa shape index (κ3) is 3.96. The first-order valence-corrected chi connectivity index (χ1v) is 8.22. The number of carbonyl (C=O) groups is 1. The van der Waals surface area contributed by atoms with Crippen LogP contribution in [0.2, 0.25) is 5.02 Å². The molecule has 3 nitrogen and oxygen atoms in total. The monoisotopic (exact) mass is 364 g/mol. The topological polar surface area (TPSA) is 42.0 Å². The van der Waals surface area contributed by atoms with Crippen LogP contribution >= 0.6 is 22.9 Å². The predicted octanol–water partition coefficient (Wildman–Crippen LogP) is 4.92. The highest BCUT2D eigenvalue weighted by Gasteiger charge is 2.12. The third-order valence-corrected chi connectivity index (χ3v) is 4.35. The van der Waals surface area contributed by atoms with E-state index < -0.39 is 11.7 Å². The number of rotatable bonds is 4. The van der Waals surface area contributed by atoms with Crippen molar-refractivity contribution in [1.29, 1.82) is 0 Å². The molecule has 0 saturated heterocycles. The van der Waals surface area contributed by atoms with Crippen molar-refractivity contribution >= 4 is 34.5 Å². The largest absolute Gasteiger partial charge is 0.323 e. The molecule has 0 unspecified atom stereocenters. The fourth-order valence-electron chi connectivity index (χ4n) is 2.09. The van der Waals surface area contributed by atoms with Gasteiger partial charge in [-0.05, 0) is 30.3 Å². The van der Waals surface area contributed by atoms with Gasteiger partial charge in [-0.2, -0.15) is 0 Å². The molecule has 0 aliphatic heterocycles. The molecular weight excluding hydrogens is 354 g/mol. The maximum absolute atomic E-state index is 13.7. The molecule has 0 bridgehead atoms. The Hall–Kier alpha value is -2.31. The molecule has 1 N–H and O–H groups in total. The van der Waals surface area contributed by atoms with Crippen LogP contribution in [0, 0.1) is 11.6 Å². The van der Waals surface area contributed by atoms with Crippen molar-refractivity contribution in [2.24, 2.45) is 0 Å². The molecule has 3 rings (SSSR count). The van der Waals surface area contributed by atoms with Crippen LogP contribution in [0.15, 0.2) is 47.8 Å². The number of thiazole rings is 1. The van der Waals surface area contributed by atoms with Gasteiger partial charge in [0.25, 0.3) is 0 Å². The van der Waals surface area contributed by atoms with Gasteiger partial charge >= 0.3 is 0 Å². The summed E-state index contributed by atoms with van der Waals surface area (Å²) < 4.78 is 26.9. The van der Waals surface area contributed by atoms with Gasteiger partial charge in [0, 0.05) is 16.0 Å². The minimum absolute atomic E-state index is 0.00607. The Kier molecular flexibility index (Phi) is 4.87. The van der Waals surface area contributed by atoms with E-state index in [2.05, 4.69) is 10.3 Å². The zero-order chi connectivity index (χ0) is 17.1. The van der Waals surface area contributed by atoms with Gasteiger partial charge in [0.2, 0.25) is 5.91 Å². The van der Waals surface area contributed by atoms with E-state index >= 15 is 0 Å². The second-order valence-corrected chi connectivity index (χ2v) is 6.30. The van der Waals surface area contributed by atoms with Crippen LogP contribution < -0.4 is 5.32 Å². The summed E-state index contributed by atoms with van der Waals surface area (Å²) in [5.41, 5.74) is 1.24. The predicted molar refractivity (Wildman–Crippen MR) is 91.3 cm³/mol. The SMILES string of the molecule is O=C(Cc1csc(-c2cccc(F)c2)n1)Nc1ccc(Cl)cc1F. The summed E-state index contributed by atoms with van der Waals surface area (Å²) in [5.74, 6) is -1.35. The van der Waals surface area contributed by atoms with Crippen LogP contribution in [0.1, 0.15) is 5.69 Å². The lowest BCUT2D eigenvalue weighted by atomic mass is 10.2. The van der Waals surface area contributed by atoms with Crippen molar-refractivity contribution in [2.45, 2.75) is 6.42 Å². The maximum Gasteiger partial charge on any atom is 0.230 e. The van der Waals surface area contributed by atoms with Crippen molar-refractivity contribution in [1.82, 2.24) is 4.98 Å². The Balaban J connectivity index is 1.69. The Morgan fingerprint density at radius 3 is 2.79 bits per heavy atom. The van der Waals surface area contributed by atoms with Crippen molar-refractivity contribution in [3.05, 3.63) is 70.2 Å². The summed E-state index contributed by atoms with van der Waals surface area (Å²) in [7, 11) is 0. The average Bonchev–Trinajstić information content (AvgIpc) is 2.98. The van der Waals surface area contributed by atoms with Gasteiger partial charge < -0.3 is 5.32 Å². The molecule has 0 fully saturated rings. The van der Waals surface area contributed by atoms with Gasteiger partial charge in [0.05, 0.1) is 17.8 Å². The van der Waals surface area contributed by atoms with Crippen LogP contribution in [0.25, 0.3) is 10.6 Å². The molecule has 7 heteroatoms. The minimum atomic E-state index is -0.602. The van der Waals surface area contributed by atoms with Crippen LogP contribution in [-0.4, -0.2) is 10.9 Å². The summed E-state index contributed by atoms with van der Waals surface area (Å²) in [6.07, 6.45) is -0.00607. The van der Waals surface area contributed by atoms with Crippen molar-refractivity contribution in [3.8, 4) is 10.6 Å². The zero-order valence-electron chi connectivity index (χ0n) is 12.2. The van der Waals surface area contributed by atoms with E-state index in [1.54, 1.807) is 17.5 Å². The molecule has 0 saturated carbocycles. The van der Waals surface area contributed by atoms with Gasteiger partial charge in [0.15, 0.2) is 0 Å². The summed E-state index contributed by atoms with van der Waals surface area (Å²) in [6, 6.07) is 10.1. The Morgan fingerprint density at radius 2 is 2.04 bits per heavy atom. The number of amides is 1. The summed E-state index contributed by atoms with van der Waals surface area (Å²) >= 11 is 6.98. The molecule has 24 heavy (non-hydrogen) atoms. The number of nitrogens with one attached hydrogen (secondary N) is 1. The molecule has 122 valence electrons. The molecule has 0 aliphatic carbocycles. The Bertz CT molecular complexity index is 898. The van der Waals surface area contributed by atoms with Crippen LogP contribution in [0.3, 0.4) is 0 Å². The smallest absolute Gasteiger partial charge is 0.230 e. The van der Waals surface area contributed by atoms with E-state index in [9.17, 15) is 13.6 Å². The number of anilines is 1. The zero-order valence-corrected chi connectivity index (χ0v) is 13.8. The lowest BCUT2D eigenvalue weighted by molar-refractivity contribution is -0.115. The van der Waals surface area contributed by atoms with Gasteiger partial charge in [-0.25, -0.2) is 13.8 Å². The number of nitrogens with zero attached hydrogens (tertiary/aromatic N) is 1. The van der Waals surface area contributed by atoms with Crippen molar-refractivity contribution in [3.63, 3.8) is 0 Å². The first kappa shape index (κ1) is 16.5. The van der Waals surface area contributed by atoms with Gasteiger partial charge in [-0.3, -0.25) is 4.79 Å². The van der Waals surface area contributed by atoms with E-state index in [4.69, 9.17) is 11.6 Å². The Labute approximate surface area is 145 Å². The molecule has 2 aromatic carbocycles. The standard InChI is InChI=1S/C17H11ClF2N2OS/c18-11-4-5-15(14(20)7-11)22-16(23)8-13-9-24-17(21-13)10-2-1-3-12(19)6-10/h1-7,9H,8H2,(H,22,23). The number of carbonyl (C=O) groups excluding carboxylic acids is 1. The van der Waals surface area contributed by atoms with Crippen molar-refractivity contribution in [2.75, 3.05) is 5.32 Å². The lowest BCUT2D eigenvalue weighted by Gasteiger charge is -2.05. The Morgan fingerprint density at radius 1 is 1.21 bits per heavy atom. The fraction of sp³-hybridized carbons (Fsp3) is 0.0588. The van der Waals surface area contributed by atoms with Crippen molar-refractivity contribution < 1.29 is 13.6 Å². The normalized spacial score (nSPS) is 10.6. The molecule has 0 aliphatic rings. The first-order chi connectivity index (χ1) is 11.5. The van der Waals surface area contributed by atoms with Gasteiger partial charge in [-0.15, -0.1) is 11.3 Å². The number of hydrogen-bond acceptors (Lipinski definition) is 3. The highest BCUT2D eigenvalue weighted by atomic mass is 35.5. The van der Waals surface area contributed by atoms with E-state index in [0.717, 1.165) is 6.07 Å². The molecule has 0 spiro atoms. The number of aromatic nitrogens is 1. The van der Waals surface area contributed by atoms with E-state index in [1.165, 1.54) is 35.6 Å². The van der Waals surface area contributed by atoms with Crippen LogP contribution in [0.4, 0.5) is 14.5 Å². The highest BCUT2D eigenvalue weighted by molar-refractivity contribution is 7.13. The number of hydrogen-bond donors (Lipinski definition) is 1. The number of benzene rings is 2. The first-order valence-electron chi connectivity index (χ1n) is 6.96. The molecule has 3 aromatic rings. The molecule has 0 radical (unpaired) electrons. The lowest BCUT2D eigenvalue weighted by Crippen LogP contribution is -2.15. The van der Waals surface area contributed by atoms with E-state index in [0.29, 0.717) is 16.3 Å². The highest BCUT2D eigenvalue weighted by Crippen LogP contribution is 2.25. The van der Waals surface area contributed by atoms with Gasteiger partial charge in [0.1, 0.15) is 16.6 Å². The number of halogens is 3. The summed E-state index contributed by atoms with van der Waals surface area (Å²) in [6.45, 7) is 0. The molecular formula is C17H11ClF2N2OS. The maximum atomic E-state index is 13.7. The second kappa shape index (κ2) is 7.07. The van der Waals surface area contributed by atoms with Gasteiger partial charge in [-0.1, -0.05) is 23.7 Å². The molecule has 1 heterocycles. The fourth-order valence-corrected chi connectivity index (χ4v) is 3.07. The van der Waals surface area contributed by atoms with Crippen LogP contribution in [-0.2, 0) is 11.2 Å². The summed E-state index contributed by atoms with van der Waals surface area (Å²) in [5, 5.41) is 5.07. The summed E-state index contributed by atoms with van der Waals surface area (Å²) in [4.78, 5) is 16.3. The third-order valence-electron chi connectivity index (χ3n) is 3.17. The van der Waals surface area contributed by atoms with E-state index in [1.807, 2.05) is 0 Å². The molecule has 0 atom stereocenters.